The van der Waals surface area contributed by atoms with Crippen molar-refractivity contribution in [3.8, 4) is 11.5 Å². The summed E-state index contributed by atoms with van der Waals surface area (Å²) in [5, 5.41) is 3.40. The summed E-state index contributed by atoms with van der Waals surface area (Å²) in [6.07, 6.45) is 0.522. The highest BCUT2D eigenvalue weighted by atomic mass is 35.5. The molecule has 0 aliphatic carbocycles. The van der Waals surface area contributed by atoms with Gasteiger partial charge in [-0.1, -0.05) is 18.5 Å². The molecule has 0 saturated carbocycles. The van der Waals surface area contributed by atoms with Crippen molar-refractivity contribution in [2.45, 2.75) is 13.3 Å². The van der Waals surface area contributed by atoms with Crippen molar-refractivity contribution in [1.82, 2.24) is 4.90 Å². The molecule has 0 unspecified atom stereocenters. The number of hydrogen-bond donors (Lipinski definition) is 1. The number of methoxy groups -OCH3 is 2. The Morgan fingerprint density at radius 3 is 2.17 bits per heavy atom. The maximum atomic E-state index is 12.7. The maximum Gasteiger partial charge on any atom is 0.255 e. The van der Waals surface area contributed by atoms with Gasteiger partial charge in [0.2, 0.25) is 5.91 Å². The van der Waals surface area contributed by atoms with E-state index in [1.807, 2.05) is 24.0 Å². The van der Waals surface area contributed by atoms with Crippen molar-refractivity contribution in [1.29, 1.82) is 0 Å². The van der Waals surface area contributed by atoms with Crippen LogP contribution in [-0.2, 0) is 4.79 Å². The molecule has 0 radical (unpaired) electrons. The van der Waals surface area contributed by atoms with Gasteiger partial charge < -0.3 is 24.6 Å². The van der Waals surface area contributed by atoms with Crippen LogP contribution in [0.25, 0.3) is 0 Å². The van der Waals surface area contributed by atoms with Gasteiger partial charge in [0.25, 0.3) is 5.91 Å². The van der Waals surface area contributed by atoms with Crippen LogP contribution >= 0.6 is 11.6 Å². The van der Waals surface area contributed by atoms with E-state index in [0.29, 0.717) is 47.3 Å². The van der Waals surface area contributed by atoms with Crippen LogP contribution in [0.3, 0.4) is 0 Å². The van der Waals surface area contributed by atoms with Crippen molar-refractivity contribution in [3.63, 3.8) is 0 Å². The Hall–Kier alpha value is -2.93. The summed E-state index contributed by atoms with van der Waals surface area (Å²) in [7, 11) is 3.07. The second kappa shape index (κ2) is 9.71. The number of rotatable bonds is 6. The SMILES string of the molecule is CCC(=O)N1CCN(c2ccc(NC(=O)c3cc(OC)cc(OC)c3)cc2Cl)CC1. The second-order valence-corrected chi connectivity index (χ2v) is 7.35. The minimum atomic E-state index is -0.289. The molecule has 1 fully saturated rings. The smallest absolute Gasteiger partial charge is 0.255 e. The van der Waals surface area contributed by atoms with E-state index in [0.717, 1.165) is 18.8 Å². The minimum Gasteiger partial charge on any atom is -0.497 e. The van der Waals surface area contributed by atoms with E-state index >= 15 is 0 Å². The van der Waals surface area contributed by atoms with E-state index in [1.165, 1.54) is 14.2 Å². The average molecular weight is 432 g/mol. The summed E-state index contributed by atoms with van der Waals surface area (Å²) in [6, 6.07) is 10.4. The molecule has 1 aliphatic rings. The van der Waals surface area contributed by atoms with E-state index in [2.05, 4.69) is 10.2 Å². The lowest BCUT2D eigenvalue weighted by Gasteiger charge is -2.36. The van der Waals surface area contributed by atoms with Gasteiger partial charge in [-0.3, -0.25) is 9.59 Å². The second-order valence-electron chi connectivity index (χ2n) is 6.94. The highest BCUT2D eigenvalue weighted by Crippen LogP contribution is 2.30. The summed E-state index contributed by atoms with van der Waals surface area (Å²) in [5.74, 6) is 0.956. The number of hydrogen-bond acceptors (Lipinski definition) is 5. The van der Waals surface area contributed by atoms with Crippen molar-refractivity contribution < 1.29 is 19.1 Å². The Morgan fingerprint density at radius 1 is 1.00 bits per heavy atom. The van der Waals surface area contributed by atoms with E-state index in [4.69, 9.17) is 21.1 Å². The van der Waals surface area contributed by atoms with Gasteiger partial charge in [-0.2, -0.15) is 0 Å². The highest BCUT2D eigenvalue weighted by molar-refractivity contribution is 6.33. The number of nitrogens with zero attached hydrogens (tertiary/aromatic N) is 2. The fourth-order valence-corrected chi connectivity index (χ4v) is 3.70. The summed E-state index contributed by atoms with van der Waals surface area (Å²) in [5.41, 5.74) is 1.90. The number of anilines is 2. The van der Waals surface area contributed by atoms with Crippen molar-refractivity contribution in [2.24, 2.45) is 0 Å². The number of benzene rings is 2. The molecule has 30 heavy (non-hydrogen) atoms. The predicted octanol–water partition coefficient (Wildman–Crippen LogP) is 3.67. The molecule has 3 rings (SSSR count). The molecule has 0 bridgehead atoms. The number of halogens is 1. The quantitative estimate of drug-likeness (QED) is 0.755. The maximum absolute atomic E-state index is 12.7. The highest BCUT2D eigenvalue weighted by Gasteiger charge is 2.21. The number of carbonyl (C=O) groups is 2. The Morgan fingerprint density at radius 2 is 1.63 bits per heavy atom. The van der Waals surface area contributed by atoms with E-state index in [-0.39, 0.29) is 11.8 Å². The largest absolute Gasteiger partial charge is 0.497 e. The molecular weight excluding hydrogens is 406 g/mol. The Bertz CT molecular complexity index is 904. The molecule has 0 atom stereocenters. The van der Waals surface area contributed by atoms with Gasteiger partial charge in [-0.15, -0.1) is 0 Å². The minimum absolute atomic E-state index is 0.174. The molecule has 1 heterocycles. The monoisotopic (exact) mass is 431 g/mol. The third-order valence-electron chi connectivity index (χ3n) is 5.09. The first kappa shape index (κ1) is 21.8. The van der Waals surface area contributed by atoms with Crippen LogP contribution in [0.5, 0.6) is 11.5 Å². The normalized spacial score (nSPS) is 13.7. The Balaban J connectivity index is 1.69. The standard InChI is InChI=1S/C22H26ClN3O4/c1-4-21(27)26-9-7-25(8-10-26)20-6-5-16(13-19(20)23)24-22(28)15-11-17(29-2)14-18(12-15)30-3/h5-6,11-14H,4,7-10H2,1-3H3,(H,24,28). The third kappa shape index (κ3) is 4.97. The van der Waals surface area contributed by atoms with E-state index in [9.17, 15) is 9.59 Å². The number of nitrogens with one attached hydrogen (secondary N) is 1. The molecule has 2 aromatic carbocycles. The molecule has 0 aromatic heterocycles. The summed E-state index contributed by atoms with van der Waals surface area (Å²) in [6.45, 7) is 4.68. The molecule has 160 valence electrons. The van der Waals surface area contributed by atoms with Crippen molar-refractivity contribution in [3.05, 3.63) is 47.0 Å². The first-order valence-corrected chi connectivity index (χ1v) is 10.2. The molecular formula is C22H26ClN3O4. The first-order valence-electron chi connectivity index (χ1n) is 9.81. The predicted molar refractivity (Wildman–Crippen MR) is 118 cm³/mol. The number of ether oxygens (including phenoxy) is 2. The Labute approximate surface area is 181 Å². The zero-order valence-corrected chi connectivity index (χ0v) is 18.2. The van der Waals surface area contributed by atoms with Crippen LogP contribution in [-0.4, -0.2) is 57.1 Å². The van der Waals surface area contributed by atoms with Gasteiger partial charge in [0.05, 0.1) is 24.9 Å². The topological polar surface area (TPSA) is 71.1 Å². The molecule has 2 amide bonds. The number of piperazine rings is 1. The van der Waals surface area contributed by atoms with E-state index in [1.54, 1.807) is 24.3 Å². The van der Waals surface area contributed by atoms with Crippen LogP contribution in [0.1, 0.15) is 23.7 Å². The molecule has 7 nitrogen and oxygen atoms in total. The van der Waals surface area contributed by atoms with Crippen LogP contribution < -0.4 is 19.7 Å². The van der Waals surface area contributed by atoms with Crippen LogP contribution in [0.15, 0.2) is 36.4 Å². The summed E-state index contributed by atoms with van der Waals surface area (Å²) in [4.78, 5) is 28.5. The number of carbonyl (C=O) groups excluding carboxylic acids is 2. The van der Waals surface area contributed by atoms with Gasteiger partial charge in [0, 0.05) is 49.9 Å². The Kier molecular flexibility index (Phi) is 7.05. The fourth-order valence-electron chi connectivity index (χ4n) is 3.40. The van der Waals surface area contributed by atoms with Crippen molar-refractivity contribution >= 4 is 34.8 Å². The van der Waals surface area contributed by atoms with Gasteiger partial charge in [-0.25, -0.2) is 0 Å². The zero-order valence-electron chi connectivity index (χ0n) is 17.4. The molecule has 1 saturated heterocycles. The lowest BCUT2D eigenvalue weighted by Crippen LogP contribution is -2.48. The van der Waals surface area contributed by atoms with Gasteiger partial charge in [0.15, 0.2) is 0 Å². The zero-order chi connectivity index (χ0) is 21.7. The summed E-state index contributed by atoms with van der Waals surface area (Å²) < 4.78 is 10.4. The average Bonchev–Trinajstić information content (AvgIpc) is 2.78. The summed E-state index contributed by atoms with van der Waals surface area (Å²) >= 11 is 6.50. The first-order chi connectivity index (χ1) is 14.4. The molecule has 8 heteroatoms. The van der Waals surface area contributed by atoms with Crippen LogP contribution in [0.4, 0.5) is 11.4 Å². The fraction of sp³-hybridized carbons (Fsp3) is 0.364. The van der Waals surface area contributed by atoms with Crippen molar-refractivity contribution in [2.75, 3.05) is 50.6 Å². The van der Waals surface area contributed by atoms with Gasteiger partial charge >= 0.3 is 0 Å². The lowest BCUT2D eigenvalue weighted by molar-refractivity contribution is -0.131. The molecule has 0 spiro atoms. The third-order valence-corrected chi connectivity index (χ3v) is 5.40. The molecule has 2 aromatic rings. The van der Waals surface area contributed by atoms with E-state index < -0.39 is 0 Å². The van der Waals surface area contributed by atoms with Crippen LogP contribution in [0.2, 0.25) is 5.02 Å². The molecule has 1 aliphatic heterocycles. The van der Waals surface area contributed by atoms with Gasteiger partial charge in [0.1, 0.15) is 11.5 Å². The van der Waals surface area contributed by atoms with Crippen LogP contribution in [0, 0.1) is 0 Å². The number of amides is 2. The lowest BCUT2D eigenvalue weighted by atomic mass is 10.1. The molecule has 1 N–H and O–H groups in total. The van der Waals surface area contributed by atoms with Gasteiger partial charge in [-0.05, 0) is 30.3 Å².